The summed E-state index contributed by atoms with van der Waals surface area (Å²) in [7, 11) is 0. The number of alkyl halides is 8. The van der Waals surface area contributed by atoms with E-state index < -0.39 is 42.0 Å². The molecule has 118 valence electrons. The molecule has 0 atom stereocenters. The van der Waals surface area contributed by atoms with Gasteiger partial charge in [0.2, 0.25) is 0 Å². The van der Waals surface area contributed by atoms with Gasteiger partial charge in [0.1, 0.15) is 0 Å². The number of rotatable bonds is 4. The summed E-state index contributed by atoms with van der Waals surface area (Å²) in [4.78, 5) is 0. The molecule has 0 N–H and O–H groups in total. The summed E-state index contributed by atoms with van der Waals surface area (Å²) in [5, 5.41) is 0. The molecule has 0 rings (SSSR count). The SMILES string of the molecule is C=CC(OC(F)(F)C(F)=C(F)F)(C(F)(F)F)C(F)(F)F. The number of hydrogen-bond acceptors (Lipinski definition) is 1. The summed E-state index contributed by atoms with van der Waals surface area (Å²) in [6, 6.07) is 0. The minimum absolute atomic E-state index is 1.13. The van der Waals surface area contributed by atoms with Crippen molar-refractivity contribution in [1.29, 1.82) is 0 Å². The Labute approximate surface area is 103 Å². The van der Waals surface area contributed by atoms with E-state index in [0.29, 0.717) is 0 Å². The highest BCUT2D eigenvalue weighted by Crippen LogP contribution is 2.50. The molecule has 0 aliphatic heterocycles. The Hall–Kier alpha value is -1.33. The molecule has 0 radical (unpaired) electrons. The van der Waals surface area contributed by atoms with Gasteiger partial charge in [-0.25, -0.2) is 0 Å². The van der Waals surface area contributed by atoms with Crippen molar-refractivity contribution in [3.05, 3.63) is 24.6 Å². The Bertz CT molecular complexity index is 384. The van der Waals surface area contributed by atoms with Gasteiger partial charge in [0.25, 0.3) is 11.4 Å². The molecule has 1 nitrogen and oxygen atoms in total. The predicted molar refractivity (Wildman–Crippen MR) is 41.4 cm³/mol. The third-order valence-corrected chi connectivity index (χ3v) is 1.84. The molecule has 12 heteroatoms. The molecular formula is C8H3F11O. The largest absolute Gasteiger partial charge is 0.430 e. The van der Waals surface area contributed by atoms with E-state index in [9.17, 15) is 48.3 Å². The lowest BCUT2D eigenvalue weighted by molar-refractivity contribution is -0.415. The summed E-state index contributed by atoms with van der Waals surface area (Å²) in [5.41, 5.74) is -5.73. The van der Waals surface area contributed by atoms with Crippen LogP contribution in [0, 0.1) is 0 Å². The molecule has 0 aromatic carbocycles. The Balaban J connectivity index is 6.00. The third-order valence-electron chi connectivity index (χ3n) is 1.84. The van der Waals surface area contributed by atoms with E-state index in [-0.39, 0.29) is 0 Å². The monoisotopic (exact) mass is 324 g/mol. The first-order valence-corrected chi connectivity index (χ1v) is 4.18. The second kappa shape index (κ2) is 5.22. The van der Waals surface area contributed by atoms with Gasteiger partial charge in [-0.05, 0) is 6.08 Å². The molecule has 0 aromatic heterocycles. The topological polar surface area (TPSA) is 9.23 Å². The van der Waals surface area contributed by atoms with Gasteiger partial charge in [-0.1, -0.05) is 6.58 Å². The van der Waals surface area contributed by atoms with Gasteiger partial charge in [-0.3, -0.25) is 4.74 Å². The first-order chi connectivity index (χ1) is 8.62. The van der Waals surface area contributed by atoms with E-state index in [2.05, 4.69) is 4.74 Å². The van der Waals surface area contributed by atoms with Gasteiger partial charge >= 0.3 is 24.5 Å². The maximum Gasteiger partial charge on any atom is 0.430 e. The van der Waals surface area contributed by atoms with Crippen LogP contribution >= 0.6 is 0 Å². The molecule has 0 heterocycles. The zero-order chi connectivity index (χ0) is 16.6. The predicted octanol–water partition coefficient (Wildman–Crippen LogP) is 4.72. The summed E-state index contributed by atoms with van der Waals surface area (Å²) in [5.74, 6) is -3.88. The van der Waals surface area contributed by atoms with Crippen molar-refractivity contribution in [3.63, 3.8) is 0 Å². The van der Waals surface area contributed by atoms with Crippen molar-refractivity contribution in [2.45, 2.75) is 24.1 Å². The highest BCUT2D eigenvalue weighted by molar-refractivity contribution is 5.12. The first-order valence-electron chi connectivity index (χ1n) is 4.18. The van der Waals surface area contributed by atoms with Crippen LogP contribution < -0.4 is 0 Å². The molecule has 0 spiro atoms. The molecule has 0 fully saturated rings. The molecule has 0 bridgehead atoms. The van der Waals surface area contributed by atoms with Crippen molar-refractivity contribution in [3.8, 4) is 0 Å². The Kier molecular flexibility index (Phi) is 4.87. The van der Waals surface area contributed by atoms with Gasteiger partial charge in [0.05, 0.1) is 0 Å². The van der Waals surface area contributed by atoms with Crippen LogP contribution in [0.15, 0.2) is 24.6 Å². The van der Waals surface area contributed by atoms with Gasteiger partial charge in [-0.15, -0.1) is 0 Å². The van der Waals surface area contributed by atoms with Crippen LogP contribution in [0.1, 0.15) is 0 Å². The van der Waals surface area contributed by atoms with E-state index in [0.717, 1.165) is 0 Å². The molecule has 0 amide bonds. The molecule has 0 saturated heterocycles. The average Bonchev–Trinajstić information content (AvgIpc) is 2.21. The quantitative estimate of drug-likeness (QED) is 0.537. The Morgan fingerprint density at radius 3 is 1.35 bits per heavy atom. The first kappa shape index (κ1) is 18.7. The maximum absolute atomic E-state index is 12.6. The second-order valence-electron chi connectivity index (χ2n) is 3.13. The summed E-state index contributed by atoms with van der Waals surface area (Å²) in [6.45, 7) is 2.03. The lowest BCUT2D eigenvalue weighted by Gasteiger charge is -2.36. The zero-order valence-electron chi connectivity index (χ0n) is 8.85. The summed E-state index contributed by atoms with van der Waals surface area (Å²) in [6.07, 6.45) is -24.2. The normalized spacial score (nSPS) is 14.2. The zero-order valence-corrected chi connectivity index (χ0v) is 8.85. The molecule has 0 saturated carbocycles. The standard InChI is InChI=1S/C8H3F11O/c1-2-5(7(14,15)16,8(17,18)19)20-6(12,13)3(9)4(10)11/h2H,1H2. The lowest BCUT2D eigenvalue weighted by atomic mass is 10.0. The van der Waals surface area contributed by atoms with Gasteiger partial charge in [0.15, 0.2) is 0 Å². The Morgan fingerprint density at radius 1 is 0.800 bits per heavy atom. The van der Waals surface area contributed by atoms with Crippen LogP contribution in [0.2, 0.25) is 0 Å². The van der Waals surface area contributed by atoms with Crippen LogP contribution in [0.5, 0.6) is 0 Å². The second-order valence-corrected chi connectivity index (χ2v) is 3.13. The van der Waals surface area contributed by atoms with Gasteiger partial charge < -0.3 is 0 Å². The smallest absolute Gasteiger partial charge is 0.285 e. The average molecular weight is 324 g/mol. The fraction of sp³-hybridized carbons (Fsp3) is 0.500. The van der Waals surface area contributed by atoms with E-state index in [1.807, 2.05) is 6.58 Å². The molecule has 0 unspecified atom stereocenters. The molecule has 0 aromatic rings. The minimum Gasteiger partial charge on any atom is -0.285 e. The van der Waals surface area contributed by atoms with Crippen molar-refractivity contribution < 1.29 is 53.0 Å². The fourth-order valence-electron chi connectivity index (χ4n) is 0.907. The van der Waals surface area contributed by atoms with Crippen molar-refractivity contribution in [2.75, 3.05) is 0 Å². The van der Waals surface area contributed by atoms with Crippen LogP contribution in [0.3, 0.4) is 0 Å². The highest BCUT2D eigenvalue weighted by Gasteiger charge is 2.74. The number of halogens is 11. The van der Waals surface area contributed by atoms with Gasteiger partial charge in [0, 0.05) is 0 Å². The van der Waals surface area contributed by atoms with Crippen LogP contribution in [0.4, 0.5) is 48.3 Å². The number of ether oxygens (including phenoxy) is 1. The molecular weight excluding hydrogens is 321 g/mol. The van der Waals surface area contributed by atoms with Crippen LogP contribution in [-0.2, 0) is 4.74 Å². The minimum atomic E-state index is -6.55. The van der Waals surface area contributed by atoms with Crippen LogP contribution in [-0.4, -0.2) is 24.1 Å². The van der Waals surface area contributed by atoms with E-state index in [1.54, 1.807) is 0 Å². The third kappa shape index (κ3) is 3.22. The lowest BCUT2D eigenvalue weighted by Crippen LogP contribution is -2.60. The van der Waals surface area contributed by atoms with Crippen molar-refractivity contribution in [1.82, 2.24) is 0 Å². The van der Waals surface area contributed by atoms with E-state index >= 15 is 0 Å². The van der Waals surface area contributed by atoms with Crippen molar-refractivity contribution in [2.24, 2.45) is 0 Å². The van der Waals surface area contributed by atoms with Crippen LogP contribution in [0.25, 0.3) is 0 Å². The molecule has 0 aliphatic carbocycles. The fourth-order valence-corrected chi connectivity index (χ4v) is 0.907. The van der Waals surface area contributed by atoms with Gasteiger partial charge in [-0.2, -0.15) is 48.3 Å². The van der Waals surface area contributed by atoms with Crippen molar-refractivity contribution >= 4 is 0 Å². The summed E-state index contributed by atoms with van der Waals surface area (Å²) >= 11 is 0. The van der Waals surface area contributed by atoms with E-state index in [1.165, 1.54) is 0 Å². The number of hydrogen-bond donors (Lipinski definition) is 0. The van der Waals surface area contributed by atoms with E-state index in [4.69, 9.17) is 0 Å². The Morgan fingerprint density at radius 2 is 1.15 bits per heavy atom. The maximum atomic E-state index is 12.6. The highest BCUT2D eigenvalue weighted by atomic mass is 19.4. The molecule has 20 heavy (non-hydrogen) atoms. The molecule has 0 aliphatic rings. The summed E-state index contributed by atoms with van der Waals surface area (Å²) < 4.78 is 137.